The highest BCUT2D eigenvalue weighted by Gasteiger charge is 2.29. The Morgan fingerprint density at radius 2 is 1.67 bits per heavy atom. The molecule has 0 spiro atoms. The minimum atomic E-state index is -0.467. The monoisotopic (exact) mass is 244 g/mol. The van der Waals surface area contributed by atoms with Crippen LogP contribution in [0.3, 0.4) is 0 Å². The molecule has 94 valence electrons. The average molecular weight is 244 g/mol. The smallest absolute Gasteiger partial charge is 0.190 e. The Bertz CT molecular complexity index is 538. The van der Waals surface area contributed by atoms with Gasteiger partial charge in [0.15, 0.2) is 11.6 Å². The second-order valence-corrected chi connectivity index (χ2v) is 4.70. The van der Waals surface area contributed by atoms with Crippen LogP contribution in [-0.2, 0) is 0 Å². The lowest BCUT2D eigenvalue weighted by Crippen LogP contribution is -2.21. The number of allylic oxidation sites excluding steroid dienone is 2. The van der Waals surface area contributed by atoms with E-state index in [1.807, 2.05) is 0 Å². The van der Waals surface area contributed by atoms with Gasteiger partial charge < -0.3 is 5.11 Å². The summed E-state index contributed by atoms with van der Waals surface area (Å²) >= 11 is 0. The molecule has 2 rings (SSSR count). The van der Waals surface area contributed by atoms with Crippen LogP contribution in [0, 0.1) is 0 Å². The first-order valence-corrected chi connectivity index (χ1v) is 6.08. The summed E-state index contributed by atoms with van der Waals surface area (Å²) in [6, 6.07) is 6.89. The van der Waals surface area contributed by atoms with Crippen LogP contribution < -0.4 is 0 Å². The van der Waals surface area contributed by atoms with E-state index in [0.29, 0.717) is 35.1 Å². The summed E-state index contributed by atoms with van der Waals surface area (Å²) in [5.41, 5.74) is 2.02. The molecule has 0 saturated carbocycles. The maximum Gasteiger partial charge on any atom is 0.190 e. The molecule has 1 aromatic rings. The normalized spacial score (nSPS) is 16.8. The van der Waals surface area contributed by atoms with Gasteiger partial charge in [-0.2, -0.15) is 0 Å². The molecule has 1 N–H and O–H groups in total. The third kappa shape index (κ3) is 2.14. The molecule has 0 aromatic heterocycles. The Balaban J connectivity index is 2.40. The molecule has 0 fully saturated rings. The summed E-state index contributed by atoms with van der Waals surface area (Å²) in [7, 11) is 0. The van der Waals surface area contributed by atoms with Crippen molar-refractivity contribution in [1.82, 2.24) is 0 Å². The number of rotatable bonds is 3. The quantitative estimate of drug-likeness (QED) is 0.889. The summed E-state index contributed by atoms with van der Waals surface area (Å²) in [6.45, 7) is 3.37. The number of hydrogen-bond acceptors (Lipinski definition) is 3. The van der Waals surface area contributed by atoms with Crippen molar-refractivity contribution in [3.05, 3.63) is 46.5 Å². The van der Waals surface area contributed by atoms with Gasteiger partial charge in [-0.15, -0.1) is 0 Å². The summed E-state index contributed by atoms with van der Waals surface area (Å²) < 4.78 is 0. The number of benzene rings is 1. The van der Waals surface area contributed by atoms with E-state index >= 15 is 0 Å². The third-order valence-electron chi connectivity index (χ3n) is 3.30. The molecular weight excluding hydrogens is 228 g/mol. The first-order valence-electron chi connectivity index (χ1n) is 6.08. The number of ketones is 2. The predicted molar refractivity (Wildman–Crippen MR) is 68.7 cm³/mol. The first-order chi connectivity index (χ1) is 8.52. The molecule has 0 amide bonds. The van der Waals surface area contributed by atoms with Crippen molar-refractivity contribution in [2.75, 3.05) is 0 Å². The van der Waals surface area contributed by atoms with Gasteiger partial charge in [0, 0.05) is 22.3 Å². The van der Waals surface area contributed by atoms with Crippen LogP contribution in [0.15, 0.2) is 35.4 Å². The summed E-state index contributed by atoms with van der Waals surface area (Å²) in [6.07, 6.45) is 0.473. The molecule has 1 aromatic carbocycles. The molecule has 3 heteroatoms. The lowest BCUT2D eigenvalue weighted by atomic mass is 9.83. The molecule has 18 heavy (non-hydrogen) atoms. The Hall–Kier alpha value is -1.74. The van der Waals surface area contributed by atoms with Crippen molar-refractivity contribution in [2.45, 2.75) is 32.8 Å². The van der Waals surface area contributed by atoms with Crippen LogP contribution in [0.1, 0.15) is 47.4 Å². The molecule has 3 nitrogen and oxygen atoms in total. The first kappa shape index (κ1) is 12.7. The SMILES string of the molecule is CC1=C(CCC(C)O)C(=O)c2ccccc2C1=O. The fraction of sp³-hybridized carbons (Fsp3) is 0.333. The van der Waals surface area contributed by atoms with E-state index in [1.165, 1.54) is 0 Å². The summed E-state index contributed by atoms with van der Waals surface area (Å²) in [4.78, 5) is 24.4. The number of carbonyl (C=O) groups excluding carboxylic acids is 2. The van der Waals surface area contributed by atoms with Gasteiger partial charge in [-0.25, -0.2) is 0 Å². The van der Waals surface area contributed by atoms with E-state index < -0.39 is 6.10 Å². The number of aliphatic hydroxyl groups excluding tert-OH is 1. The standard InChI is InChI=1S/C15H16O3/c1-9(16)7-8-11-10(2)14(17)12-5-3-4-6-13(12)15(11)18/h3-6,9,16H,7-8H2,1-2H3. The van der Waals surface area contributed by atoms with Crippen molar-refractivity contribution in [2.24, 2.45) is 0 Å². The van der Waals surface area contributed by atoms with Crippen molar-refractivity contribution >= 4 is 11.6 Å². The highest BCUT2D eigenvalue weighted by Crippen LogP contribution is 2.28. The van der Waals surface area contributed by atoms with Crippen molar-refractivity contribution < 1.29 is 14.7 Å². The molecule has 1 aliphatic carbocycles. The molecule has 1 aliphatic rings. The predicted octanol–water partition coefficient (Wildman–Crippen LogP) is 2.54. The van der Waals surface area contributed by atoms with Gasteiger partial charge >= 0.3 is 0 Å². The van der Waals surface area contributed by atoms with Gasteiger partial charge in [0.05, 0.1) is 6.10 Å². The van der Waals surface area contributed by atoms with Gasteiger partial charge in [-0.3, -0.25) is 9.59 Å². The molecule has 0 saturated heterocycles. The topological polar surface area (TPSA) is 54.4 Å². The number of carbonyl (C=O) groups is 2. The molecular formula is C15H16O3. The number of hydrogen-bond donors (Lipinski definition) is 1. The van der Waals surface area contributed by atoms with Gasteiger partial charge in [0.1, 0.15) is 0 Å². The summed E-state index contributed by atoms with van der Waals surface area (Å²) in [5, 5.41) is 9.30. The minimum absolute atomic E-state index is 0.0780. The Kier molecular flexibility index (Phi) is 3.43. The van der Waals surface area contributed by atoms with Crippen molar-refractivity contribution in [1.29, 1.82) is 0 Å². The van der Waals surface area contributed by atoms with Crippen molar-refractivity contribution in [3.63, 3.8) is 0 Å². The number of Topliss-reactive ketones (excluding diaryl/α,β-unsaturated/α-hetero) is 2. The number of aliphatic hydroxyl groups is 1. The minimum Gasteiger partial charge on any atom is -0.393 e. The lowest BCUT2D eigenvalue weighted by molar-refractivity contribution is 0.0968. The largest absolute Gasteiger partial charge is 0.393 e. The zero-order valence-corrected chi connectivity index (χ0v) is 10.6. The maximum atomic E-state index is 12.3. The fourth-order valence-electron chi connectivity index (χ4n) is 2.21. The third-order valence-corrected chi connectivity index (χ3v) is 3.30. The van der Waals surface area contributed by atoms with E-state index in [2.05, 4.69) is 0 Å². The van der Waals surface area contributed by atoms with Gasteiger partial charge in [0.2, 0.25) is 0 Å². The fourth-order valence-corrected chi connectivity index (χ4v) is 2.21. The van der Waals surface area contributed by atoms with Crippen LogP contribution in [0.25, 0.3) is 0 Å². The summed E-state index contributed by atoms with van der Waals surface area (Å²) in [5.74, 6) is -0.158. The van der Waals surface area contributed by atoms with Crippen LogP contribution in [-0.4, -0.2) is 22.8 Å². The van der Waals surface area contributed by atoms with E-state index in [-0.39, 0.29) is 11.6 Å². The van der Waals surface area contributed by atoms with E-state index in [9.17, 15) is 14.7 Å². The molecule has 0 aliphatic heterocycles. The van der Waals surface area contributed by atoms with Crippen molar-refractivity contribution in [3.8, 4) is 0 Å². The molecule has 0 heterocycles. The zero-order valence-electron chi connectivity index (χ0n) is 10.6. The van der Waals surface area contributed by atoms with Gasteiger partial charge in [-0.05, 0) is 26.7 Å². The molecule has 0 bridgehead atoms. The second kappa shape index (κ2) is 4.86. The Morgan fingerprint density at radius 1 is 1.11 bits per heavy atom. The molecule has 0 radical (unpaired) electrons. The zero-order chi connectivity index (χ0) is 13.3. The molecule has 1 atom stereocenters. The van der Waals surface area contributed by atoms with Gasteiger partial charge in [0.25, 0.3) is 0 Å². The van der Waals surface area contributed by atoms with E-state index in [4.69, 9.17) is 0 Å². The van der Waals surface area contributed by atoms with Crippen LogP contribution >= 0.6 is 0 Å². The Morgan fingerprint density at radius 3 is 2.22 bits per heavy atom. The highest BCUT2D eigenvalue weighted by atomic mass is 16.3. The van der Waals surface area contributed by atoms with Gasteiger partial charge in [-0.1, -0.05) is 24.3 Å². The van der Waals surface area contributed by atoms with E-state index in [1.54, 1.807) is 38.1 Å². The average Bonchev–Trinajstić information content (AvgIpc) is 2.36. The highest BCUT2D eigenvalue weighted by molar-refractivity contribution is 6.26. The maximum absolute atomic E-state index is 12.3. The molecule has 1 unspecified atom stereocenters. The van der Waals surface area contributed by atoms with Crippen LogP contribution in [0.2, 0.25) is 0 Å². The van der Waals surface area contributed by atoms with Crippen LogP contribution in [0.5, 0.6) is 0 Å². The van der Waals surface area contributed by atoms with Crippen LogP contribution in [0.4, 0.5) is 0 Å². The lowest BCUT2D eigenvalue weighted by Gasteiger charge is -2.19. The number of fused-ring (bicyclic) bond motifs is 1. The Labute approximate surface area is 106 Å². The second-order valence-electron chi connectivity index (χ2n) is 4.70. The van der Waals surface area contributed by atoms with E-state index in [0.717, 1.165) is 0 Å².